The lowest BCUT2D eigenvalue weighted by Crippen LogP contribution is -2.20. The molecule has 1 fully saturated rings. The molecule has 0 bridgehead atoms. The average Bonchev–Trinajstić information content (AvgIpc) is 3.26. The Morgan fingerprint density at radius 2 is 2.00 bits per heavy atom. The van der Waals surface area contributed by atoms with Gasteiger partial charge in [-0.25, -0.2) is 4.68 Å². The summed E-state index contributed by atoms with van der Waals surface area (Å²) in [6.07, 6.45) is -2.25. The third-order valence-corrected chi connectivity index (χ3v) is 5.40. The summed E-state index contributed by atoms with van der Waals surface area (Å²) in [5, 5.41) is 5.42. The molecule has 4 nitrogen and oxygen atoms in total. The van der Waals surface area contributed by atoms with Gasteiger partial charge in [0.1, 0.15) is 5.01 Å². The zero-order valence-electron chi connectivity index (χ0n) is 14.8. The number of hydrogen-bond donors (Lipinski definition) is 0. The van der Waals surface area contributed by atoms with Crippen LogP contribution in [0, 0.1) is 5.92 Å². The van der Waals surface area contributed by atoms with Gasteiger partial charge < -0.3 is 0 Å². The number of halogens is 3. The lowest BCUT2D eigenvalue weighted by molar-refractivity contribution is -0.137. The van der Waals surface area contributed by atoms with Crippen LogP contribution in [0.3, 0.4) is 0 Å². The van der Waals surface area contributed by atoms with Crippen LogP contribution in [0.2, 0.25) is 0 Å². The third kappa shape index (κ3) is 4.41. The summed E-state index contributed by atoms with van der Waals surface area (Å²) >= 11 is 1.31. The van der Waals surface area contributed by atoms with Crippen molar-refractivity contribution in [2.24, 2.45) is 10.9 Å². The van der Waals surface area contributed by atoms with E-state index in [1.54, 1.807) is 4.68 Å². The van der Waals surface area contributed by atoms with E-state index in [0.717, 1.165) is 30.0 Å². The van der Waals surface area contributed by atoms with Gasteiger partial charge in [-0.3, -0.25) is 4.79 Å². The number of alkyl halides is 3. The van der Waals surface area contributed by atoms with Gasteiger partial charge in [0.25, 0.3) is 5.91 Å². The molecule has 26 heavy (non-hydrogen) atoms. The predicted molar refractivity (Wildman–Crippen MR) is 92.9 cm³/mol. The monoisotopic (exact) mass is 383 g/mol. The van der Waals surface area contributed by atoms with Crippen LogP contribution in [0.1, 0.15) is 54.5 Å². The highest BCUT2D eigenvalue weighted by molar-refractivity contribution is 7.09. The highest BCUT2D eigenvalue weighted by atomic mass is 32.1. The maximum atomic E-state index is 12.9. The molecule has 2 aromatic rings. The van der Waals surface area contributed by atoms with Crippen LogP contribution in [-0.4, -0.2) is 15.7 Å². The number of carbonyl (C=O) groups is 1. The molecule has 0 saturated heterocycles. The van der Waals surface area contributed by atoms with Crippen LogP contribution in [0.25, 0.3) is 0 Å². The van der Waals surface area contributed by atoms with Crippen LogP contribution in [0.5, 0.6) is 0 Å². The van der Waals surface area contributed by atoms with E-state index in [9.17, 15) is 18.0 Å². The van der Waals surface area contributed by atoms with E-state index in [2.05, 4.69) is 10.1 Å². The zero-order chi connectivity index (χ0) is 19.1. The molecular weight excluding hydrogens is 363 g/mol. The van der Waals surface area contributed by atoms with Gasteiger partial charge in [0, 0.05) is 17.5 Å². The van der Waals surface area contributed by atoms with Crippen LogP contribution >= 0.6 is 11.3 Å². The number of aromatic nitrogens is 2. The molecule has 1 heterocycles. The summed E-state index contributed by atoms with van der Waals surface area (Å²) in [4.78, 5) is 17.0. The molecule has 1 aliphatic rings. The van der Waals surface area contributed by atoms with Gasteiger partial charge in [-0.2, -0.15) is 23.3 Å². The largest absolute Gasteiger partial charge is 0.416 e. The van der Waals surface area contributed by atoms with E-state index in [-0.39, 0.29) is 11.0 Å². The van der Waals surface area contributed by atoms with E-state index < -0.39 is 17.6 Å². The molecule has 1 aromatic carbocycles. The molecule has 0 unspecified atom stereocenters. The summed E-state index contributed by atoms with van der Waals surface area (Å²) in [6, 6.07) is 4.34. The van der Waals surface area contributed by atoms with Crippen molar-refractivity contribution >= 4 is 17.2 Å². The molecular formula is C18H20F3N3OS. The first-order valence-electron chi connectivity index (χ1n) is 8.39. The van der Waals surface area contributed by atoms with Gasteiger partial charge in [0.15, 0.2) is 0 Å². The lowest BCUT2D eigenvalue weighted by atomic mass is 9.98. The second-order valence-electron chi connectivity index (χ2n) is 7.56. The van der Waals surface area contributed by atoms with E-state index in [4.69, 9.17) is 0 Å². The first kappa shape index (κ1) is 18.8. The van der Waals surface area contributed by atoms with Crippen LogP contribution in [-0.2, 0) is 18.1 Å². The van der Waals surface area contributed by atoms with E-state index in [0.29, 0.717) is 17.3 Å². The summed E-state index contributed by atoms with van der Waals surface area (Å²) in [6.45, 7) is 6.74. The van der Waals surface area contributed by atoms with E-state index in [1.165, 1.54) is 23.5 Å². The van der Waals surface area contributed by atoms with E-state index >= 15 is 0 Å². The molecule has 0 aliphatic heterocycles. The SMILES string of the molecule is CC(C)(C)c1nn(CC2CC2)c(=NC(=O)c2cccc(C(F)(F)F)c2)s1. The Hall–Kier alpha value is -1.96. The molecule has 3 rings (SSSR count). The molecule has 8 heteroatoms. The smallest absolute Gasteiger partial charge is 0.267 e. The normalized spacial score (nSPS) is 16.2. The van der Waals surface area contributed by atoms with Gasteiger partial charge in [0.05, 0.1) is 5.56 Å². The molecule has 0 spiro atoms. The van der Waals surface area contributed by atoms with Crippen molar-refractivity contribution in [3.63, 3.8) is 0 Å². The highest BCUT2D eigenvalue weighted by Crippen LogP contribution is 2.31. The third-order valence-electron chi connectivity index (χ3n) is 4.02. The van der Waals surface area contributed by atoms with Gasteiger partial charge >= 0.3 is 6.18 Å². The Balaban J connectivity index is 1.98. The summed E-state index contributed by atoms with van der Waals surface area (Å²) in [5.74, 6) is -0.155. The average molecular weight is 383 g/mol. The fourth-order valence-electron chi connectivity index (χ4n) is 2.34. The minimum absolute atomic E-state index is 0.0801. The number of carbonyl (C=O) groups excluding carboxylic acids is 1. The molecule has 1 amide bonds. The lowest BCUT2D eigenvalue weighted by Gasteiger charge is -2.12. The van der Waals surface area contributed by atoms with Crippen molar-refractivity contribution in [1.82, 2.24) is 9.78 Å². The molecule has 140 valence electrons. The van der Waals surface area contributed by atoms with E-state index in [1.807, 2.05) is 20.8 Å². The zero-order valence-corrected chi connectivity index (χ0v) is 15.6. The quantitative estimate of drug-likeness (QED) is 0.788. The Kier molecular flexibility index (Phi) is 4.81. The maximum absolute atomic E-state index is 12.9. The van der Waals surface area contributed by atoms with Gasteiger partial charge in [0.2, 0.25) is 4.80 Å². The van der Waals surface area contributed by atoms with Gasteiger partial charge in [-0.05, 0) is 37.0 Å². The molecule has 0 N–H and O–H groups in total. The van der Waals surface area contributed by atoms with Crippen LogP contribution < -0.4 is 4.80 Å². The molecule has 1 aliphatic carbocycles. The number of hydrogen-bond acceptors (Lipinski definition) is 3. The van der Waals surface area contributed by atoms with Crippen LogP contribution in [0.15, 0.2) is 29.3 Å². The summed E-state index contributed by atoms with van der Waals surface area (Å²) in [7, 11) is 0. The fourth-order valence-corrected chi connectivity index (χ4v) is 3.31. The Morgan fingerprint density at radius 3 is 2.58 bits per heavy atom. The van der Waals surface area contributed by atoms with Gasteiger partial charge in [-0.1, -0.05) is 38.2 Å². The predicted octanol–water partition coefficient (Wildman–Crippen LogP) is 4.41. The van der Waals surface area contributed by atoms with Crippen molar-refractivity contribution in [2.75, 3.05) is 0 Å². The topological polar surface area (TPSA) is 47.2 Å². The minimum atomic E-state index is -4.49. The first-order chi connectivity index (χ1) is 12.0. The fraction of sp³-hybridized carbons (Fsp3) is 0.500. The maximum Gasteiger partial charge on any atom is 0.416 e. The Labute approximate surface area is 153 Å². The van der Waals surface area contributed by atoms with Crippen molar-refractivity contribution in [3.05, 3.63) is 45.2 Å². The first-order valence-corrected chi connectivity index (χ1v) is 9.20. The molecule has 0 atom stereocenters. The highest BCUT2D eigenvalue weighted by Gasteiger charge is 2.31. The number of nitrogens with zero attached hydrogens (tertiary/aromatic N) is 3. The second kappa shape index (κ2) is 6.64. The van der Waals surface area contributed by atoms with Crippen molar-refractivity contribution in [2.45, 2.75) is 51.7 Å². The van der Waals surface area contributed by atoms with Gasteiger partial charge in [-0.15, -0.1) is 0 Å². The van der Waals surface area contributed by atoms with Crippen molar-refractivity contribution in [1.29, 1.82) is 0 Å². The van der Waals surface area contributed by atoms with Crippen LogP contribution in [0.4, 0.5) is 13.2 Å². The summed E-state index contributed by atoms with van der Waals surface area (Å²) in [5.41, 5.74) is -1.13. The number of rotatable bonds is 3. The minimum Gasteiger partial charge on any atom is -0.267 e. The number of benzene rings is 1. The summed E-state index contributed by atoms with van der Waals surface area (Å²) < 4.78 is 40.3. The second-order valence-corrected chi connectivity index (χ2v) is 8.52. The Bertz CT molecular complexity index is 886. The van der Waals surface area contributed by atoms with Crippen molar-refractivity contribution in [3.8, 4) is 0 Å². The standard InChI is InChI=1S/C18H20F3N3OS/c1-17(2,3)15-23-24(10-11-7-8-11)16(26-15)22-14(25)12-5-4-6-13(9-12)18(19,20)21/h4-6,9,11H,7-8,10H2,1-3H3. The number of amides is 1. The molecule has 1 saturated carbocycles. The molecule has 0 radical (unpaired) electrons. The molecule has 1 aromatic heterocycles. The Morgan fingerprint density at radius 1 is 1.31 bits per heavy atom. The van der Waals surface area contributed by atoms with Crippen molar-refractivity contribution < 1.29 is 18.0 Å².